The maximum atomic E-state index is 4.81. The Morgan fingerprint density at radius 2 is 1.75 bits per heavy atom. The summed E-state index contributed by atoms with van der Waals surface area (Å²) in [6.45, 7) is 12.7. The van der Waals surface area contributed by atoms with Crippen molar-refractivity contribution in [3.8, 4) is 0 Å². The van der Waals surface area contributed by atoms with Crippen LogP contribution in [0.15, 0.2) is 11.6 Å². The highest BCUT2D eigenvalue weighted by Gasteiger charge is 2.59. The molecule has 1 heteroatoms. The zero-order valence-electron chi connectivity index (χ0n) is 19.3. The molecule has 0 nitrogen and oxygen atoms in total. The number of thiol groups is 1. The minimum absolute atomic E-state index is 0.504. The first kappa shape index (κ1) is 21.3. The van der Waals surface area contributed by atoms with Crippen molar-refractivity contribution < 1.29 is 0 Å². The third-order valence-electron chi connectivity index (χ3n) is 10.3. The van der Waals surface area contributed by atoms with Gasteiger partial charge >= 0.3 is 0 Å². The number of fused-ring (bicyclic) bond motifs is 5. The van der Waals surface area contributed by atoms with Gasteiger partial charge in [0.1, 0.15) is 0 Å². The molecular weight excluding hydrogens is 356 g/mol. The van der Waals surface area contributed by atoms with E-state index in [0.717, 1.165) is 35.5 Å². The van der Waals surface area contributed by atoms with Crippen molar-refractivity contribution in [2.75, 3.05) is 0 Å². The molecule has 3 saturated carbocycles. The quantitative estimate of drug-likeness (QED) is 0.347. The monoisotopic (exact) mass is 402 g/mol. The molecule has 0 unspecified atom stereocenters. The molecule has 0 aromatic carbocycles. The Labute approximate surface area is 181 Å². The molecule has 4 aliphatic rings. The second-order valence-corrected chi connectivity index (χ2v) is 12.8. The lowest BCUT2D eigenvalue weighted by atomic mass is 9.46. The first-order chi connectivity index (χ1) is 13.3. The topological polar surface area (TPSA) is 0 Å². The lowest BCUT2D eigenvalue weighted by molar-refractivity contribution is -0.0590. The van der Waals surface area contributed by atoms with Gasteiger partial charge in [-0.2, -0.15) is 12.6 Å². The van der Waals surface area contributed by atoms with Crippen LogP contribution in [-0.4, -0.2) is 5.25 Å². The largest absolute Gasteiger partial charge is 0.172 e. The predicted molar refractivity (Wildman–Crippen MR) is 126 cm³/mol. The van der Waals surface area contributed by atoms with Crippen LogP contribution in [0, 0.1) is 46.3 Å². The van der Waals surface area contributed by atoms with Crippen molar-refractivity contribution in [3.63, 3.8) is 0 Å². The van der Waals surface area contributed by atoms with E-state index in [9.17, 15) is 0 Å². The fourth-order valence-electron chi connectivity index (χ4n) is 8.73. The Balaban J connectivity index is 1.48. The van der Waals surface area contributed by atoms with Crippen molar-refractivity contribution >= 4 is 12.6 Å². The van der Waals surface area contributed by atoms with Gasteiger partial charge in [-0.25, -0.2) is 0 Å². The van der Waals surface area contributed by atoms with Gasteiger partial charge in [-0.1, -0.05) is 65.5 Å². The molecule has 0 radical (unpaired) electrons. The maximum absolute atomic E-state index is 4.81. The Kier molecular flexibility index (Phi) is 6.07. The third kappa shape index (κ3) is 3.54. The van der Waals surface area contributed by atoms with Crippen LogP contribution in [0.4, 0.5) is 0 Å². The van der Waals surface area contributed by atoms with Gasteiger partial charge < -0.3 is 0 Å². The normalized spacial score (nSPS) is 46.5. The molecule has 3 fully saturated rings. The molecule has 8 atom stereocenters. The van der Waals surface area contributed by atoms with Crippen molar-refractivity contribution in [2.24, 2.45) is 46.3 Å². The van der Waals surface area contributed by atoms with Crippen LogP contribution in [0.5, 0.6) is 0 Å². The fourth-order valence-corrected chi connectivity index (χ4v) is 9.04. The molecule has 0 amide bonds. The molecule has 0 aromatic heterocycles. The Morgan fingerprint density at radius 3 is 2.50 bits per heavy atom. The average Bonchev–Trinajstić information content (AvgIpc) is 2.99. The van der Waals surface area contributed by atoms with E-state index >= 15 is 0 Å². The van der Waals surface area contributed by atoms with Crippen LogP contribution in [0.25, 0.3) is 0 Å². The standard InChI is InChI=1S/C27H46S/c1-18(2)7-6-8-19(3)23-11-12-24-22-10-9-20-17-21(28)13-15-26(20,4)25(22)14-16-27(23,24)5/h17-19,21-25,28H,6-16H2,1-5H3/t19-,21-,22+,23-,24+,25+,26+,27-/m1/s1. The van der Waals surface area contributed by atoms with Crippen molar-refractivity contribution in [3.05, 3.63) is 11.6 Å². The number of hydrogen-bond donors (Lipinski definition) is 1. The van der Waals surface area contributed by atoms with E-state index in [4.69, 9.17) is 12.6 Å². The fraction of sp³-hybridized carbons (Fsp3) is 0.926. The SMILES string of the molecule is CC(C)CCC[C@@H](C)[C@H]1CC[C@H]2[C@@H]3CCC4=C[C@H](S)CC[C@]4(C)[C@H]3CC[C@]12C. The van der Waals surface area contributed by atoms with E-state index < -0.39 is 0 Å². The molecule has 4 aliphatic carbocycles. The maximum Gasteiger partial charge on any atom is 0.0199 e. The molecular formula is C27H46S. The minimum Gasteiger partial charge on any atom is -0.172 e. The highest BCUT2D eigenvalue weighted by molar-refractivity contribution is 7.81. The molecule has 160 valence electrons. The van der Waals surface area contributed by atoms with Crippen LogP contribution in [0.2, 0.25) is 0 Å². The van der Waals surface area contributed by atoms with E-state index in [1.807, 2.05) is 0 Å². The van der Waals surface area contributed by atoms with Crippen LogP contribution in [0.1, 0.15) is 105 Å². The first-order valence-corrected chi connectivity index (χ1v) is 13.2. The van der Waals surface area contributed by atoms with E-state index in [2.05, 4.69) is 40.7 Å². The van der Waals surface area contributed by atoms with Gasteiger partial charge in [-0.15, -0.1) is 0 Å². The molecule has 0 bridgehead atoms. The molecule has 0 aromatic rings. The molecule has 0 heterocycles. The molecule has 0 spiro atoms. The van der Waals surface area contributed by atoms with Crippen molar-refractivity contribution in [1.82, 2.24) is 0 Å². The van der Waals surface area contributed by atoms with Crippen LogP contribution in [-0.2, 0) is 0 Å². The zero-order valence-corrected chi connectivity index (χ0v) is 20.2. The summed E-state index contributed by atoms with van der Waals surface area (Å²) >= 11 is 4.81. The summed E-state index contributed by atoms with van der Waals surface area (Å²) in [5.41, 5.74) is 2.93. The van der Waals surface area contributed by atoms with Gasteiger partial charge in [-0.3, -0.25) is 0 Å². The summed E-state index contributed by atoms with van der Waals surface area (Å²) in [6, 6.07) is 0. The molecule has 0 N–H and O–H groups in total. The van der Waals surface area contributed by atoms with E-state index in [1.165, 1.54) is 70.6 Å². The smallest absolute Gasteiger partial charge is 0.0199 e. The van der Waals surface area contributed by atoms with Crippen molar-refractivity contribution in [2.45, 2.75) is 110 Å². The molecule has 4 rings (SSSR count). The summed E-state index contributed by atoms with van der Waals surface area (Å²) in [6.07, 6.45) is 18.5. The summed E-state index contributed by atoms with van der Waals surface area (Å²) in [7, 11) is 0. The molecule has 0 saturated heterocycles. The van der Waals surface area contributed by atoms with E-state index in [1.54, 1.807) is 5.57 Å². The lowest BCUT2D eigenvalue weighted by Gasteiger charge is -2.59. The summed E-state index contributed by atoms with van der Waals surface area (Å²) < 4.78 is 0. The Morgan fingerprint density at radius 1 is 0.964 bits per heavy atom. The summed E-state index contributed by atoms with van der Waals surface area (Å²) in [4.78, 5) is 0. The first-order valence-electron chi connectivity index (χ1n) is 12.6. The molecule has 28 heavy (non-hydrogen) atoms. The van der Waals surface area contributed by atoms with Crippen LogP contribution < -0.4 is 0 Å². The van der Waals surface area contributed by atoms with Crippen LogP contribution in [0.3, 0.4) is 0 Å². The van der Waals surface area contributed by atoms with Gasteiger partial charge in [0.2, 0.25) is 0 Å². The third-order valence-corrected chi connectivity index (χ3v) is 10.7. The highest BCUT2D eigenvalue weighted by atomic mass is 32.1. The molecule has 0 aliphatic heterocycles. The van der Waals surface area contributed by atoms with Crippen LogP contribution >= 0.6 is 12.6 Å². The second kappa shape index (κ2) is 7.97. The number of rotatable bonds is 5. The summed E-state index contributed by atoms with van der Waals surface area (Å²) in [5, 5.41) is 0.524. The predicted octanol–water partition coefficient (Wildman–Crippen LogP) is 8.33. The van der Waals surface area contributed by atoms with Gasteiger partial charge in [0.25, 0.3) is 0 Å². The van der Waals surface area contributed by atoms with Gasteiger partial charge in [0.15, 0.2) is 0 Å². The Hall–Kier alpha value is 0.0900. The van der Waals surface area contributed by atoms with E-state index in [-0.39, 0.29) is 0 Å². The van der Waals surface area contributed by atoms with Gasteiger partial charge in [0, 0.05) is 5.25 Å². The van der Waals surface area contributed by atoms with E-state index in [0.29, 0.717) is 16.1 Å². The zero-order chi connectivity index (χ0) is 20.1. The average molecular weight is 403 g/mol. The highest BCUT2D eigenvalue weighted by Crippen LogP contribution is 2.67. The van der Waals surface area contributed by atoms with Crippen molar-refractivity contribution in [1.29, 1.82) is 0 Å². The van der Waals surface area contributed by atoms with Gasteiger partial charge in [-0.05, 0) is 97.7 Å². The minimum atomic E-state index is 0.504. The summed E-state index contributed by atoms with van der Waals surface area (Å²) in [5.74, 6) is 5.76. The lowest BCUT2D eigenvalue weighted by Crippen LogP contribution is -2.51. The number of hydrogen-bond acceptors (Lipinski definition) is 1. The number of allylic oxidation sites excluding steroid dienone is 1. The Bertz CT molecular complexity index is 591. The van der Waals surface area contributed by atoms with Gasteiger partial charge in [0.05, 0.1) is 0 Å². The second-order valence-electron chi connectivity index (χ2n) is 12.2.